The molecule has 0 saturated heterocycles. The first-order valence-electron chi connectivity index (χ1n) is 10.5. The molecule has 0 fully saturated rings. The minimum atomic E-state index is -4.42. The zero-order valence-electron chi connectivity index (χ0n) is 18.6. The molecule has 0 aliphatic rings. The van der Waals surface area contributed by atoms with E-state index in [1.165, 1.54) is 36.4 Å². The quantitative estimate of drug-likeness (QED) is 0.376. The lowest BCUT2D eigenvalue weighted by Crippen LogP contribution is -2.37. The molecule has 10 heteroatoms. The molecule has 3 aromatic rings. The van der Waals surface area contributed by atoms with Crippen molar-refractivity contribution in [2.45, 2.75) is 24.5 Å². The zero-order chi connectivity index (χ0) is 25.8. The molecule has 0 aliphatic heterocycles. The van der Waals surface area contributed by atoms with Crippen molar-refractivity contribution in [3.05, 3.63) is 101 Å². The monoisotopic (exact) mass is 522 g/mol. The lowest BCUT2D eigenvalue weighted by Gasteiger charge is -2.24. The molecule has 0 heterocycles. The molecule has 5 nitrogen and oxygen atoms in total. The largest absolute Gasteiger partial charge is 0.416 e. The van der Waals surface area contributed by atoms with Gasteiger partial charge in [-0.25, -0.2) is 8.42 Å². The van der Waals surface area contributed by atoms with Gasteiger partial charge in [0.05, 0.1) is 10.5 Å². The van der Waals surface area contributed by atoms with Crippen LogP contribution in [0.4, 0.5) is 13.2 Å². The number of nitrogens with zero attached hydrogens (tertiary/aromatic N) is 1. The highest BCUT2D eigenvalue weighted by Gasteiger charge is 2.30. The van der Waals surface area contributed by atoms with Gasteiger partial charge in [0.15, 0.2) is 0 Å². The highest BCUT2D eigenvalue weighted by atomic mass is 35.5. The molecule has 1 amide bonds. The summed E-state index contributed by atoms with van der Waals surface area (Å²) in [4.78, 5) is 12.7. The number of amides is 1. The van der Waals surface area contributed by atoms with Gasteiger partial charge in [-0.2, -0.15) is 13.2 Å². The van der Waals surface area contributed by atoms with Crippen molar-refractivity contribution in [3.8, 4) is 11.1 Å². The average Bonchev–Trinajstić information content (AvgIpc) is 2.82. The number of halogens is 4. The minimum Gasteiger partial charge on any atom is -0.347 e. The van der Waals surface area contributed by atoms with E-state index in [1.807, 2.05) is 0 Å². The maximum atomic E-state index is 13.0. The number of carbonyl (C=O) groups is 1. The normalized spacial score (nSPS) is 11.7. The fourth-order valence-corrected chi connectivity index (χ4v) is 4.92. The third-order valence-electron chi connectivity index (χ3n) is 5.18. The second kappa shape index (κ2) is 10.5. The molecule has 0 saturated carbocycles. The maximum absolute atomic E-state index is 13.0. The van der Waals surface area contributed by atoms with Crippen LogP contribution in [0, 0.1) is 0 Å². The molecule has 184 valence electrons. The Bertz CT molecular complexity index is 1320. The Morgan fingerprint density at radius 3 is 2.20 bits per heavy atom. The predicted molar refractivity (Wildman–Crippen MR) is 129 cm³/mol. The molecule has 0 atom stereocenters. The second-order valence-electron chi connectivity index (χ2n) is 7.53. The van der Waals surface area contributed by atoms with E-state index in [0.29, 0.717) is 21.7 Å². The fourth-order valence-electron chi connectivity index (χ4n) is 3.35. The Morgan fingerprint density at radius 2 is 1.63 bits per heavy atom. The third-order valence-corrected chi connectivity index (χ3v) is 7.36. The summed E-state index contributed by atoms with van der Waals surface area (Å²) in [6.07, 6.45) is -4.42. The van der Waals surface area contributed by atoms with Gasteiger partial charge in [0.1, 0.15) is 5.70 Å². The van der Waals surface area contributed by atoms with Gasteiger partial charge in [-0.05, 0) is 66.1 Å². The minimum absolute atomic E-state index is 0.0133. The Hall–Kier alpha value is -3.30. The summed E-state index contributed by atoms with van der Waals surface area (Å²) in [7, 11) is -4.02. The molecule has 3 rings (SSSR count). The molecule has 0 aromatic heterocycles. The fraction of sp³-hybridized carbons (Fsp3) is 0.160. The van der Waals surface area contributed by atoms with Crippen molar-refractivity contribution < 1.29 is 26.4 Å². The molecule has 0 radical (unpaired) electrons. The van der Waals surface area contributed by atoms with E-state index in [0.717, 1.165) is 16.4 Å². The molecule has 0 aliphatic carbocycles. The molecular weight excluding hydrogens is 501 g/mol. The van der Waals surface area contributed by atoms with Gasteiger partial charge < -0.3 is 5.32 Å². The number of carbonyl (C=O) groups excluding carboxylic acids is 1. The van der Waals surface area contributed by atoms with Crippen LogP contribution < -0.4 is 5.32 Å². The van der Waals surface area contributed by atoms with Crippen LogP contribution in [0.25, 0.3) is 11.1 Å². The lowest BCUT2D eigenvalue weighted by molar-refractivity contribution is -0.137. The summed E-state index contributed by atoms with van der Waals surface area (Å²) in [5, 5.41) is 3.02. The zero-order valence-corrected chi connectivity index (χ0v) is 20.2. The Balaban J connectivity index is 1.71. The van der Waals surface area contributed by atoms with Crippen molar-refractivity contribution in [1.29, 1.82) is 0 Å². The molecule has 35 heavy (non-hydrogen) atoms. The van der Waals surface area contributed by atoms with E-state index in [2.05, 4.69) is 11.9 Å². The molecule has 0 unspecified atom stereocenters. The van der Waals surface area contributed by atoms with Crippen LogP contribution in [-0.4, -0.2) is 25.2 Å². The SMILES string of the molecule is C=C(C(=O)NCc1cccc(-c2ccc(C(F)(F)F)cc2)c1)N(CC)S(=O)(=O)c1ccc(Cl)cc1. The second-order valence-corrected chi connectivity index (χ2v) is 9.83. The summed E-state index contributed by atoms with van der Waals surface area (Å²) < 4.78 is 65.2. The van der Waals surface area contributed by atoms with Crippen LogP contribution in [0.3, 0.4) is 0 Å². The van der Waals surface area contributed by atoms with Crippen molar-refractivity contribution in [2.24, 2.45) is 0 Å². The van der Waals surface area contributed by atoms with Crippen LogP contribution in [0.2, 0.25) is 5.02 Å². The van der Waals surface area contributed by atoms with Gasteiger partial charge in [0, 0.05) is 18.1 Å². The number of hydrogen-bond acceptors (Lipinski definition) is 3. The van der Waals surface area contributed by atoms with Gasteiger partial charge in [0.25, 0.3) is 15.9 Å². The summed E-state index contributed by atoms with van der Waals surface area (Å²) in [6.45, 7) is 5.29. The first-order chi connectivity index (χ1) is 16.4. The molecule has 1 N–H and O–H groups in total. The number of alkyl halides is 3. The summed E-state index contributed by atoms with van der Waals surface area (Å²) >= 11 is 5.83. The number of likely N-dealkylation sites (N-methyl/N-ethyl adjacent to an activating group) is 1. The van der Waals surface area contributed by atoms with Crippen LogP contribution in [0.15, 0.2) is 90.0 Å². The third kappa shape index (κ3) is 6.23. The number of rotatable bonds is 8. The van der Waals surface area contributed by atoms with Crippen LogP contribution >= 0.6 is 11.6 Å². The standard InChI is InChI=1S/C25H22ClF3N2O3S/c1-3-31(35(33,34)23-13-11-22(26)12-14-23)17(2)24(32)30-16-18-5-4-6-20(15-18)19-7-9-21(10-8-19)25(27,28)29/h4-15H,2-3,16H2,1H3,(H,30,32). The first kappa shape index (κ1) is 26.3. The number of sulfonamides is 1. The van der Waals surface area contributed by atoms with Gasteiger partial charge >= 0.3 is 6.18 Å². The van der Waals surface area contributed by atoms with E-state index in [1.54, 1.807) is 31.2 Å². The Labute approximate surface area is 206 Å². The Kier molecular flexibility index (Phi) is 7.92. The molecule has 0 bridgehead atoms. The lowest BCUT2D eigenvalue weighted by atomic mass is 10.0. The highest BCUT2D eigenvalue weighted by Crippen LogP contribution is 2.31. The molecular formula is C25H22ClF3N2O3S. The summed E-state index contributed by atoms with van der Waals surface area (Å²) in [6, 6.07) is 17.3. The van der Waals surface area contributed by atoms with E-state index < -0.39 is 27.7 Å². The first-order valence-corrected chi connectivity index (χ1v) is 12.3. The van der Waals surface area contributed by atoms with Crippen molar-refractivity contribution >= 4 is 27.5 Å². The highest BCUT2D eigenvalue weighted by molar-refractivity contribution is 7.89. The van der Waals surface area contributed by atoms with E-state index >= 15 is 0 Å². The number of nitrogens with one attached hydrogen (secondary N) is 1. The van der Waals surface area contributed by atoms with Crippen molar-refractivity contribution in [3.63, 3.8) is 0 Å². The van der Waals surface area contributed by atoms with Gasteiger partial charge in [-0.15, -0.1) is 0 Å². The molecule has 0 spiro atoms. The van der Waals surface area contributed by atoms with Gasteiger partial charge in [0.2, 0.25) is 0 Å². The van der Waals surface area contributed by atoms with Crippen molar-refractivity contribution in [1.82, 2.24) is 9.62 Å². The van der Waals surface area contributed by atoms with E-state index in [-0.39, 0.29) is 23.7 Å². The number of hydrogen-bond donors (Lipinski definition) is 1. The summed E-state index contributed by atoms with van der Waals surface area (Å²) in [5.74, 6) is -0.677. The van der Waals surface area contributed by atoms with Crippen molar-refractivity contribution in [2.75, 3.05) is 6.54 Å². The summed E-state index contributed by atoms with van der Waals surface area (Å²) in [5.41, 5.74) is 0.942. The van der Waals surface area contributed by atoms with Gasteiger partial charge in [-0.1, -0.05) is 48.5 Å². The van der Waals surface area contributed by atoms with E-state index in [9.17, 15) is 26.4 Å². The average molecular weight is 523 g/mol. The van der Waals surface area contributed by atoms with Crippen LogP contribution in [-0.2, 0) is 27.5 Å². The predicted octanol–water partition coefficient (Wildman–Crippen LogP) is 5.87. The smallest absolute Gasteiger partial charge is 0.347 e. The number of benzene rings is 3. The Morgan fingerprint density at radius 1 is 1.00 bits per heavy atom. The maximum Gasteiger partial charge on any atom is 0.416 e. The van der Waals surface area contributed by atoms with Crippen LogP contribution in [0.5, 0.6) is 0 Å². The van der Waals surface area contributed by atoms with Crippen LogP contribution in [0.1, 0.15) is 18.1 Å². The van der Waals surface area contributed by atoms with E-state index in [4.69, 9.17) is 11.6 Å². The topological polar surface area (TPSA) is 66.5 Å². The van der Waals surface area contributed by atoms with Gasteiger partial charge in [-0.3, -0.25) is 9.10 Å². The molecule has 3 aromatic carbocycles.